The van der Waals surface area contributed by atoms with E-state index in [1.807, 2.05) is 0 Å². The average molecular weight is 370 g/mol. The van der Waals surface area contributed by atoms with E-state index in [2.05, 4.69) is 21.2 Å². The van der Waals surface area contributed by atoms with Gasteiger partial charge < -0.3 is 15.2 Å². The molecule has 22 heavy (non-hydrogen) atoms. The van der Waals surface area contributed by atoms with Crippen molar-refractivity contribution in [3.8, 4) is 5.75 Å². The first-order valence-corrected chi connectivity index (χ1v) is 8.26. The molecule has 0 radical (unpaired) electrons. The van der Waals surface area contributed by atoms with Crippen LogP contribution in [0.15, 0.2) is 18.2 Å². The van der Waals surface area contributed by atoms with Crippen molar-refractivity contribution < 1.29 is 19.4 Å². The van der Waals surface area contributed by atoms with Gasteiger partial charge in [-0.2, -0.15) is 0 Å². The van der Waals surface area contributed by atoms with E-state index < -0.39 is 10.3 Å². The summed E-state index contributed by atoms with van der Waals surface area (Å²) < 4.78 is 4.32. The van der Waals surface area contributed by atoms with Crippen molar-refractivity contribution >= 4 is 33.5 Å². The quantitative estimate of drug-likeness (QED) is 0.482. The third-order valence-corrected chi connectivity index (χ3v) is 4.96. The molecule has 0 aromatic heterocycles. The van der Waals surface area contributed by atoms with Gasteiger partial charge in [0, 0.05) is 0 Å². The van der Waals surface area contributed by atoms with E-state index in [-0.39, 0.29) is 24.0 Å². The Morgan fingerprint density at radius 1 is 1.32 bits per heavy atom. The fraction of sp³-hybridized carbons (Fsp3) is 0.500. The van der Waals surface area contributed by atoms with E-state index in [1.165, 1.54) is 18.2 Å². The Morgan fingerprint density at radius 2 is 2.00 bits per heavy atom. The molecule has 1 amide bonds. The third kappa shape index (κ3) is 3.80. The molecule has 0 saturated heterocycles. The van der Waals surface area contributed by atoms with Crippen LogP contribution in [0.4, 0.5) is 5.69 Å². The van der Waals surface area contributed by atoms with Gasteiger partial charge in [0.05, 0.1) is 17.9 Å². The van der Waals surface area contributed by atoms with Gasteiger partial charge in [-0.25, -0.2) is 4.79 Å². The number of halogens is 1. The van der Waals surface area contributed by atoms with Crippen LogP contribution in [0, 0.1) is 0 Å². The number of aromatic hydroxyl groups is 1. The van der Waals surface area contributed by atoms with Gasteiger partial charge in [-0.15, -0.1) is 0 Å². The number of phenolic OH excluding ortho intramolecular Hbond substituents is 1. The Hall–Kier alpha value is -1.56. The Morgan fingerprint density at radius 3 is 2.64 bits per heavy atom. The van der Waals surface area contributed by atoms with E-state index >= 15 is 0 Å². The second-order valence-electron chi connectivity index (χ2n) is 5.43. The number of amides is 1. The maximum absolute atomic E-state index is 12.5. The second-order valence-corrected chi connectivity index (χ2v) is 6.95. The molecule has 0 aliphatic heterocycles. The van der Waals surface area contributed by atoms with Gasteiger partial charge in [0.15, 0.2) is 0 Å². The van der Waals surface area contributed by atoms with Crippen molar-refractivity contribution in [1.29, 1.82) is 0 Å². The lowest BCUT2D eigenvalue weighted by molar-refractivity contribution is -0.119. The predicted molar refractivity (Wildman–Crippen MR) is 87.4 cm³/mol. The zero-order valence-corrected chi connectivity index (χ0v) is 14.1. The molecule has 1 aromatic carbocycles. The second kappa shape index (κ2) is 7.13. The predicted octanol–water partition coefficient (Wildman–Crippen LogP) is 3.61. The summed E-state index contributed by atoms with van der Waals surface area (Å²) in [6, 6.07) is 4.28. The van der Waals surface area contributed by atoms with Crippen LogP contribution in [0.25, 0.3) is 0 Å². The summed E-state index contributed by atoms with van der Waals surface area (Å²) in [6.45, 7) is 1.99. The van der Waals surface area contributed by atoms with Crippen LogP contribution in [-0.2, 0) is 9.53 Å². The highest BCUT2D eigenvalue weighted by Gasteiger charge is 2.37. The number of alkyl halides is 1. The van der Waals surface area contributed by atoms with Gasteiger partial charge in [-0.05, 0) is 38.0 Å². The van der Waals surface area contributed by atoms with Gasteiger partial charge in [0.2, 0.25) is 5.91 Å². The van der Waals surface area contributed by atoms with Crippen molar-refractivity contribution in [3.63, 3.8) is 0 Å². The van der Waals surface area contributed by atoms with Crippen LogP contribution in [0.2, 0.25) is 0 Å². The third-order valence-electron chi connectivity index (χ3n) is 3.81. The standard InChI is InChI=1S/C16H20BrNO4/c1-2-22-14(20)11-6-7-13(19)12(10-11)18-15(21)16(17)8-4-3-5-9-16/h6-7,10,19H,2-5,8-9H2,1H3,(H,18,21). The molecule has 1 saturated carbocycles. The first kappa shape index (κ1) is 16.8. The number of carbonyl (C=O) groups excluding carboxylic acids is 2. The monoisotopic (exact) mass is 369 g/mol. The summed E-state index contributed by atoms with van der Waals surface area (Å²) in [4.78, 5) is 24.2. The highest BCUT2D eigenvalue weighted by molar-refractivity contribution is 9.10. The minimum Gasteiger partial charge on any atom is -0.506 e. The van der Waals surface area contributed by atoms with Gasteiger partial charge in [-0.1, -0.05) is 35.2 Å². The van der Waals surface area contributed by atoms with Gasteiger partial charge in [0.25, 0.3) is 0 Å². The molecule has 0 heterocycles. The smallest absolute Gasteiger partial charge is 0.338 e. The van der Waals surface area contributed by atoms with Gasteiger partial charge >= 0.3 is 5.97 Å². The first-order valence-electron chi connectivity index (χ1n) is 7.47. The SMILES string of the molecule is CCOC(=O)c1ccc(O)c(NC(=O)C2(Br)CCCCC2)c1. The molecule has 120 valence electrons. The normalized spacial score (nSPS) is 16.8. The molecule has 1 aliphatic carbocycles. The highest BCUT2D eigenvalue weighted by atomic mass is 79.9. The maximum atomic E-state index is 12.5. The van der Waals surface area contributed by atoms with Crippen LogP contribution in [0.3, 0.4) is 0 Å². The summed E-state index contributed by atoms with van der Waals surface area (Å²) in [5.74, 6) is -0.749. The maximum Gasteiger partial charge on any atom is 0.338 e. The van der Waals surface area contributed by atoms with E-state index in [0.717, 1.165) is 32.1 Å². The van der Waals surface area contributed by atoms with Crippen molar-refractivity contribution in [1.82, 2.24) is 0 Å². The van der Waals surface area contributed by atoms with Crippen LogP contribution in [0.5, 0.6) is 5.75 Å². The van der Waals surface area contributed by atoms with Gasteiger partial charge in [-0.3, -0.25) is 4.79 Å². The van der Waals surface area contributed by atoms with Crippen molar-refractivity contribution in [2.75, 3.05) is 11.9 Å². The summed E-state index contributed by atoms with van der Waals surface area (Å²) in [5.41, 5.74) is 0.516. The summed E-state index contributed by atoms with van der Waals surface area (Å²) in [6.07, 6.45) is 4.64. The molecule has 2 rings (SSSR count). The molecule has 1 fully saturated rings. The molecule has 0 bridgehead atoms. The number of benzene rings is 1. The van der Waals surface area contributed by atoms with E-state index in [0.29, 0.717) is 5.56 Å². The highest BCUT2D eigenvalue weighted by Crippen LogP contribution is 2.37. The zero-order valence-electron chi connectivity index (χ0n) is 12.5. The molecule has 6 heteroatoms. The molecule has 0 spiro atoms. The lowest BCUT2D eigenvalue weighted by atomic mass is 9.88. The Balaban J connectivity index is 2.16. The molecule has 5 nitrogen and oxygen atoms in total. The average Bonchev–Trinajstić information content (AvgIpc) is 2.50. The number of hydrogen-bond donors (Lipinski definition) is 2. The molecule has 1 aromatic rings. The Bertz CT molecular complexity index is 567. The molecule has 1 aliphatic rings. The molecule has 2 N–H and O–H groups in total. The lowest BCUT2D eigenvalue weighted by Crippen LogP contribution is -2.39. The van der Waals surface area contributed by atoms with Crippen LogP contribution >= 0.6 is 15.9 Å². The number of phenols is 1. The van der Waals surface area contributed by atoms with E-state index in [4.69, 9.17) is 4.74 Å². The Labute approximate surface area is 138 Å². The molecular weight excluding hydrogens is 350 g/mol. The van der Waals surface area contributed by atoms with Crippen LogP contribution in [0.1, 0.15) is 49.4 Å². The molecular formula is C16H20BrNO4. The summed E-state index contributed by atoms with van der Waals surface area (Å²) in [5, 5.41) is 12.6. The summed E-state index contributed by atoms with van der Waals surface area (Å²) >= 11 is 3.53. The fourth-order valence-corrected chi connectivity index (χ4v) is 3.21. The largest absolute Gasteiger partial charge is 0.506 e. The van der Waals surface area contributed by atoms with Crippen molar-refractivity contribution in [3.05, 3.63) is 23.8 Å². The zero-order chi connectivity index (χ0) is 16.2. The number of anilines is 1. The van der Waals surface area contributed by atoms with Gasteiger partial charge in [0.1, 0.15) is 10.1 Å². The van der Waals surface area contributed by atoms with E-state index in [9.17, 15) is 14.7 Å². The first-order chi connectivity index (χ1) is 10.5. The topological polar surface area (TPSA) is 75.6 Å². The minimum absolute atomic E-state index is 0.0756. The number of rotatable bonds is 4. The van der Waals surface area contributed by atoms with Crippen molar-refractivity contribution in [2.24, 2.45) is 0 Å². The number of carbonyl (C=O) groups is 2. The number of nitrogens with one attached hydrogen (secondary N) is 1. The number of ether oxygens (including phenoxy) is 1. The number of esters is 1. The number of hydrogen-bond acceptors (Lipinski definition) is 4. The minimum atomic E-state index is -0.600. The van der Waals surface area contributed by atoms with Crippen molar-refractivity contribution in [2.45, 2.75) is 43.4 Å². The van der Waals surface area contributed by atoms with Crippen LogP contribution in [-0.4, -0.2) is 27.9 Å². The van der Waals surface area contributed by atoms with Crippen LogP contribution < -0.4 is 5.32 Å². The fourth-order valence-electron chi connectivity index (χ4n) is 2.55. The molecule has 0 atom stereocenters. The Kier molecular flexibility index (Phi) is 5.45. The summed E-state index contributed by atoms with van der Waals surface area (Å²) in [7, 11) is 0. The molecule has 0 unspecified atom stereocenters. The van der Waals surface area contributed by atoms with E-state index in [1.54, 1.807) is 6.92 Å². The lowest BCUT2D eigenvalue weighted by Gasteiger charge is -2.30.